The zero-order chi connectivity index (χ0) is 14.4. The fourth-order valence-electron chi connectivity index (χ4n) is 1.93. The first-order valence-corrected chi connectivity index (χ1v) is 6.40. The average molecular weight is 279 g/mol. The number of amides is 2. The van der Waals surface area contributed by atoms with Crippen LogP contribution in [0.3, 0.4) is 0 Å². The van der Waals surface area contributed by atoms with Gasteiger partial charge in [-0.05, 0) is 12.1 Å². The summed E-state index contributed by atoms with van der Waals surface area (Å²) >= 11 is 0. The van der Waals surface area contributed by atoms with E-state index in [0.717, 1.165) is 0 Å². The van der Waals surface area contributed by atoms with Crippen molar-refractivity contribution in [3.05, 3.63) is 30.1 Å². The summed E-state index contributed by atoms with van der Waals surface area (Å²) < 4.78 is 5.16. The Morgan fingerprint density at radius 3 is 2.60 bits per heavy atom. The van der Waals surface area contributed by atoms with E-state index in [-0.39, 0.29) is 5.91 Å². The normalized spacial score (nSPS) is 16.6. The number of ether oxygens (including phenoxy) is 1. The monoisotopic (exact) mass is 279 g/mol. The van der Waals surface area contributed by atoms with Gasteiger partial charge in [0, 0.05) is 31.0 Å². The molecular weight excluding hydrogens is 262 g/mol. The van der Waals surface area contributed by atoms with Crippen LogP contribution in [-0.4, -0.2) is 65.8 Å². The number of aromatic nitrogens is 1. The van der Waals surface area contributed by atoms with Gasteiger partial charge < -0.3 is 20.1 Å². The van der Waals surface area contributed by atoms with Crippen LogP contribution in [0.4, 0.5) is 0 Å². The van der Waals surface area contributed by atoms with Gasteiger partial charge in [0.05, 0.1) is 19.8 Å². The maximum absolute atomic E-state index is 12.2. The number of carbonyl (C=O) groups excluding carboxylic acids is 2. The van der Waals surface area contributed by atoms with Gasteiger partial charge in [-0.15, -0.1) is 0 Å². The quantitative estimate of drug-likeness (QED) is 0.740. The predicted molar refractivity (Wildman–Crippen MR) is 70.0 cm³/mol. The molecule has 1 saturated heterocycles. The Kier molecular flexibility index (Phi) is 5.03. The molecule has 1 atom stereocenters. The number of rotatable bonds is 4. The summed E-state index contributed by atoms with van der Waals surface area (Å²) in [5.74, 6) is -0.703. The summed E-state index contributed by atoms with van der Waals surface area (Å²) in [6.45, 7) is 1.46. The van der Waals surface area contributed by atoms with Gasteiger partial charge in [0.15, 0.2) is 0 Å². The number of morpholine rings is 1. The van der Waals surface area contributed by atoms with Crippen molar-refractivity contribution < 1.29 is 19.4 Å². The molecule has 108 valence electrons. The molecule has 0 spiro atoms. The number of nitrogens with one attached hydrogen (secondary N) is 1. The molecule has 1 aromatic heterocycles. The molecule has 7 nitrogen and oxygen atoms in total. The first-order chi connectivity index (χ1) is 9.72. The second kappa shape index (κ2) is 6.97. The fourth-order valence-corrected chi connectivity index (χ4v) is 1.93. The highest BCUT2D eigenvalue weighted by molar-refractivity contribution is 5.97. The molecule has 0 saturated carbocycles. The highest BCUT2D eigenvalue weighted by Crippen LogP contribution is 2.03. The smallest absolute Gasteiger partial charge is 0.252 e. The van der Waals surface area contributed by atoms with E-state index < -0.39 is 18.6 Å². The van der Waals surface area contributed by atoms with Crippen molar-refractivity contribution in [2.45, 2.75) is 6.04 Å². The van der Waals surface area contributed by atoms with Crippen LogP contribution in [0.15, 0.2) is 24.5 Å². The Labute approximate surface area is 116 Å². The van der Waals surface area contributed by atoms with Gasteiger partial charge in [-0.25, -0.2) is 0 Å². The molecule has 1 fully saturated rings. The summed E-state index contributed by atoms with van der Waals surface area (Å²) in [5, 5.41) is 11.8. The molecule has 0 aromatic carbocycles. The van der Waals surface area contributed by atoms with Gasteiger partial charge in [0.25, 0.3) is 5.91 Å². The molecule has 1 aromatic rings. The molecule has 2 rings (SSSR count). The topological polar surface area (TPSA) is 91.8 Å². The van der Waals surface area contributed by atoms with E-state index in [1.165, 1.54) is 12.4 Å². The lowest BCUT2D eigenvalue weighted by Crippen LogP contribution is -2.53. The van der Waals surface area contributed by atoms with Gasteiger partial charge in [0.2, 0.25) is 5.91 Å². The van der Waals surface area contributed by atoms with E-state index in [4.69, 9.17) is 4.74 Å². The first kappa shape index (κ1) is 14.4. The Morgan fingerprint density at radius 2 is 2.00 bits per heavy atom. The molecule has 1 aliphatic heterocycles. The third kappa shape index (κ3) is 3.52. The standard InChI is InChI=1S/C13H17N3O4/c17-9-11(13(19)16-5-7-20-8-6-16)15-12(18)10-1-3-14-4-2-10/h1-4,11,17H,5-9H2,(H,15,18). The van der Waals surface area contributed by atoms with Crippen LogP contribution in [0.5, 0.6) is 0 Å². The number of hydrogen-bond acceptors (Lipinski definition) is 5. The van der Waals surface area contributed by atoms with E-state index in [9.17, 15) is 14.7 Å². The summed E-state index contributed by atoms with van der Waals surface area (Å²) in [6, 6.07) is 2.15. The van der Waals surface area contributed by atoms with Crippen LogP contribution in [0, 0.1) is 0 Å². The van der Waals surface area contributed by atoms with Gasteiger partial charge in [-0.2, -0.15) is 0 Å². The minimum atomic E-state index is -0.936. The lowest BCUT2D eigenvalue weighted by molar-refractivity contribution is -0.138. The first-order valence-electron chi connectivity index (χ1n) is 6.40. The zero-order valence-electron chi connectivity index (χ0n) is 11.0. The van der Waals surface area contributed by atoms with E-state index in [0.29, 0.717) is 31.9 Å². The SMILES string of the molecule is O=C(NC(CO)C(=O)N1CCOCC1)c1ccncc1. The van der Waals surface area contributed by atoms with Crippen molar-refractivity contribution in [1.29, 1.82) is 0 Å². The Morgan fingerprint density at radius 1 is 1.35 bits per heavy atom. The van der Waals surface area contributed by atoms with E-state index in [2.05, 4.69) is 10.3 Å². The minimum absolute atomic E-state index is 0.293. The lowest BCUT2D eigenvalue weighted by Gasteiger charge is -2.30. The Bertz CT molecular complexity index is 460. The number of hydrogen-bond donors (Lipinski definition) is 2. The van der Waals surface area contributed by atoms with Crippen molar-refractivity contribution >= 4 is 11.8 Å². The maximum Gasteiger partial charge on any atom is 0.252 e. The van der Waals surface area contributed by atoms with Gasteiger partial charge >= 0.3 is 0 Å². The van der Waals surface area contributed by atoms with Crippen molar-refractivity contribution in [3.8, 4) is 0 Å². The fraction of sp³-hybridized carbons (Fsp3) is 0.462. The van der Waals surface area contributed by atoms with E-state index in [1.54, 1.807) is 17.0 Å². The Balaban J connectivity index is 1.97. The molecule has 7 heteroatoms. The number of nitrogens with zero attached hydrogens (tertiary/aromatic N) is 2. The average Bonchev–Trinajstić information content (AvgIpc) is 2.53. The molecule has 2 amide bonds. The highest BCUT2D eigenvalue weighted by atomic mass is 16.5. The van der Waals surface area contributed by atoms with E-state index >= 15 is 0 Å². The third-order valence-corrected chi connectivity index (χ3v) is 3.05. The molecular formula is C13H17N3O4. The Hall–Kier alpha value is -1.99. The molecule has 1 unspecified atom stereocenters. The maximum atomic E-state index is 12.2. The molecule has 20 heavy (non-hydrogen) atoms. The molecule has 0 aliphatic carbocycles. The van der Waals surface area contributed by atoms with Gasteiger partial charge in [-0.3, -0.25) is 14.6 Å². The summed E-state index contributed by atoms with van der Waals surface area (Å²) in [6.07, 6.45) is 2.99. The minimum Gasteiger partial charge on any atom is -0.394 e. The number of carbonyl (C=O) groups is 2. The third-order valence-electron chi connectivity index (χ3n) is 3.05. The van der Waals surface area contributed by atoms with Gasteiger partial charge in [0.1, 0.15) is 6.04 Å². The summed E-state index contributed by atoms with van der Waals surface area (Å²) in [7, 11) is 0. The summed E-state index contributed by atoms with van der Waals surface area (Å²) in [5.41, 5.74) is 0.397. The van der Waals surface area contributed by atoms with E-state index in [1.807, 2.05) is 0 Å². The molecule has 0 radical (unpaired) electrons. The van der Waals surface area contributed by atoms with Crippen LogP contribution in [-0.2, 0) is 9.53 Å². The van der Waals surface area contributed by atoms with Crippen LogP contribution >= 0.6 is 0 Å². The summed E-state index contributed by atoms with van der Waals surface area (Å²) in [4.78, 5) is 29.5. The largest absolute Gasteiger partial charge is 0.394 e. The lowest BCUT2D eigenvalue weighted by atomic mass is 10.2. The molecule has 2 N–H and O–H groups in total. The number of pyridine rings is 1. The van der Waals surface area contributed by atoms with Crippen molar-refractivity contribution in [3.63, 3.8) is 0 Å². The van der Waals surface area contributed by atoms with Crippen LogP contribution in [0.2, 0.25) is 0 Å². The molecule has 1 aliphatic rings. The van der Waals surface area contributed by atoms with Crippen LogP contribution in [0.25, 0.3) is 0 Å². The van der Waals surface area contributed by atoms with Crippen molar-refractivity contribution in [1.82, 2.24) is 15.2 Å². The number of aliphatic hydroxyl groups excluding tert-OH is 1. The van der Waals surface area contributed by atoms with Crippen molar-refractivity contribution in [2.75, 3.05) is 32.9 Å². The van der Waals surface area contributed by atoms with Gasteiger partial charge in [-0.1, -0.05) is 0 Å². The second-order valence-electron chi connectivity index (χ2n) is 4.38. The predicted octanol–water partition coefficient (Wildman–Crippen LogP) is -0.969. The van der Waals surface area contributed by atoms with Crippen LogP contribution in [0.1, 0.15) is 10.4 Å². The zero-order valence-corrected chi connectivity index (χ0v) is 11.0. The highest BCUT2D eigenvalue weighted by Gasteiger charge is 2.26. The van der Waals surface area contributed by atoms with Crippen LogP contribution < -0.4 is 5.32 Å². The second-order valence-corrected chi connectivity index (χ2v) is 4.38. The molecule has 0 bridgehead atoms. The number of aliphatic hydroxyl groups is 1. The molecule has 2 heterocycles. The van der Waals surface area contributed by atoms with Crippen molar-refractivity contribution in [2.24, 2.45) is 0 Å².